The van der Waals surface area contributed by atoms with Crippen molar-refractivity contribution in [3.05, 3.63) is 45.7 Å². The minimum Gasteiger partial charge on any atom is -0.332 e. The molecule has 4 rings (SSSR count). The fourth-order valence-corrected chi connectivity index (χ4v) is 2.99. The van der Waals surface area contributed by atoms with Crippen molar-refractivity contribution in [2.24, 2.45) is 7.05 Å². The summed E-state index contributed by atoms with van der Waals surface area (Å²) >= 11 is 6.21. The summed E-state index contributed by atoms with van der Waals surface area (Å²) in [6.07, 6.45) is 1.63. The molecule has 8 heteroatoms. The Labute approximate surface area is 141 Å². The van der Waals surface area contributed by atoms with Crippen LogP contribution in [0, 0.1) is 0 Å². The van der Waals surface area contributed by atoms with Gasteiger partial charge in [0, 0.05) is 13.0 Å². The standard InChI is InChI=1S/C16H14ClN5O2/c1-8(2)13-19-14(24-20-13)12-15-21(3)16(23)11-9(17)5-4-6-10(11)22(15)7-18-12/h4-8H,1-3H3. The molecular weight excluding hydrogens is 330 g/mol. The van der Waals surface area contributed by atoms with Crippen LogP contribution in [0.1, 0.15) is 25.6 Å². The molecule has 24 heavy (non-hydrogen) atoms. The van der Waals surface area contributed by atoms with Crippen LogP contribution in [0.15, 0.2) is 33.8 Å². The molecule has 4 aromatic rings. The largest absolute Gasteiger partial charge is 0.332 e. The fourth-order valence-electron chi connectivity index (χ4n) is 2.74. The molecule has 0 radical (unpaired) electrons. The topological polar surface area (TPSA) is 78.2 Å². The predicted octanol–water partition coefficient (Wildman–Crippen LogP) is 3.01. The van der Waals surface area contributed by atoms with Gasteiger partial charge in [0.2, 0.25) is 0 Å². The van der Waals surface area contributed by atoms with Gasteiger partial charge in [-0.05, 0) is 12.1 Å². The first-order valence-electron chi connectivity index (χ1n) is 7.47. The number of benzene rings is 1. The van der Waals surface area contributed by atoms with Gasteiger partial charge in [0.1, 0.15) is 6.33 Å². The molecule has 0 N–H and O–H groups in total. The second-order valence-electron chi connectivity index (χ2n) is 5.90. The van der Waals surface area contributed by atoms with Gasteiger partial charge in [-0.25, -0.2) is 4.98 Å². The van der Waals surface area contributed by atoms with Crippen LogP contribution in [0.3, 0.4) is 0 Å². The Morgan fingerprint density at radius 1 is 1.29 bits per heavy atom. The molecule has 0 spiro atoms. The van der Waals surface area contributed by atoms with E-state index in [1.807, 2.05) is 19.9 Å². The van der Waals surface area contributed by atoms with Crippen molar-refractivity contribution in [2.75, 3.05) is 0 Å². The molecule has 0 atom stereocenters. The van der Waals surface area contributed by atoms with Crippen molar-refractivity contribution >= 4 is 28.2 Å². The number of hydrogen-bond donors (Lipinski definition) is 0. The molecule has 0 aliphatic carbocycles. The number of nitrogens with zero attached hydrogens (tertiary/aromatic N) is 5. The highest BCUT2D eigenvalue weighted by molar-refractivity contribution is 6.35. The molecule has 0 fully saturated rings. The average molecular weight is 344 g/mol. The molecule has 3 aromatic heterocycles. The van der Waals surface area contributed by atoms with E-state index in [-0.39, 0.29) is 17.4 Å². The first kappa shape index (κ1) is 14.9. The number of aryl methyl sites for hydroxylation is 1. The second kappa shape index (κ2) is 5.17. The highest BCUT2D eigenvalue weighted by Crippen LogP contribution is 2.26. The Morgan fingerprint density at radius 3 is 2.79 bits per heavy atom. The van der Waals surface area contributed by atoms with Gasteiger partial charge in [0.25, 0.3) is 11.4 Å². The minimum atomic E-state index is -0.201. The molecule has 122 valence electrons. The summed E-state index contributed by atoms with van der Waals surface area (Å²) in [5, 5.41) is 4.82. The van der Waals surface area contributed by atoms with E-state index in [1.165, 1.54) is 4.57 Å². The number of halogens is 1. The minimum absolute atomic E-state index is 0.139. The van der Waals surface area contributed by atoms with Crippen LogP contribution in [0.25, 0.3) is 28.1 Å². The number of hydrogen-bond acceptors (Lipinski definition) is 5. The van der Waals surface area contributed by atoms with E-state index in [0.29, 0.717) is 33.1 Å². The first-order valence-corrected chi connectivity index (χ1v) is 7.85. The normalized spacial score (nSPS) is 11.9. The van der Waals surface area contributed by atoms with Gasteiger partial charge in [-0.2, -0.15) is 4.98 Å². The lowest BCUT2D eigenvalue weighted by Crippen LogP contribution is -2.20. The molecule has 0 aliphatic heterocycles. The molecule has 0 aliphatic rings. The molecule has 0 saturated heterocycles. The molecule has 0 bridgehead atoms. The highest BCUT2D eigenvalue weighted by Gasteiger charge is 2.21. The lowest BCUT2D eigenvalue weighted by atomic mass is 10.2. The molecule has 1 aromatic carbocycles. The van der Waals surface area contributed by atoms with Gasteiger partial charge >= 0.3 is 0 Å². The van der Waals surface area contributed by atoms with Crippen LogP contribution in [0.5, 0.6) is 0 Å². The predicted molar refractivity (Wildman–Crippen MR) is 90.3 cm³/mol. The van der Waals surface area contributed by atoms with E-state index < -0.39 is 0 Å². The Hall–Kier alpha value is -2.67. The third-order valence-corrected chi connectivity index (χ3v) is 4.31. The summed E-state index contributed by atoms with van der Waals surface area (Å²) in [4.78, 5) is 21.5. The summed E-state index contributed by atoms with van der Waals surface area (Å²) in [5.74, 6) is 1.03. The number of imidazole rings is 1. The van der Waals surface area contributed by atoms with Gasteiger partial charge in [0.15, 0.2) is 17.2 Å². The lowest BCUT2D eigenvalue weighted by Gasteiger charge is -2.08. The van der Waals surface area contributed by atoms with Gasteiger partial charge in [-0.15, -0.1) is 0 Å². The zero-order valence-electron chi connectivity index (χ0n) is 13.3. The summed E-state index contributed by atoms with van der Waals surface area (Å²) in [5.41, 5.74) is 1.53. The third-order valence-electron chi connectivity index (χ3n) is 3.99. The lowest BCUT2D eigenvalue weighted by molar-refractivity contribution is 0.418. The van der Waals surface area contributed by atoms with Crippen LogP contribution in [0.4, 0.5) is 0 Å². The van der Waals surface area contributed by atoms with E-state index in [2.05, 4.69) is 15.1 Å². The monoisotopic (exact) mass is 343 g/mol. The van der Waals surface area contributed by atoms with Crippen molar-refractivity contribution in [3.63, 3.8) is 0 Å². The zero-order valence-corrected chi connectivity index (χ0v) is 14.1. The van der Waals surface area contributed by atoms with Crippen LogP contribution in [0.2, 0.25) is 5.02 Å². The van der Waals surface area contributed by atoms with E-state index >= 15 is 0 Å². The van der Waals surface area contributed by atoms with Gasteiger partial charge < -0.3 is 4.52 Å². The number of aromatic nitrogens is 5. The molecular formula is C16H14ClN5O2. The van der Waals surface area contributed by atoms with Gasteiger partial charge in [-0.3, -0.25) is 13.8 Å². The highest BCUT2D eigenvalue weighted by atomic mass is 35.5. The van der Waals surface area contributed by atoms with E-state index in [9.17, 15) is 4.79 Å². The molecule has 7 nitrogen and oxygen atoms in total. The Morgan fingerprint density at radius 2 is 2.08 bits per heavy atom. The van der Waals surface area contributed by atoms with Gasteiger partial charge in [0.05, 0.1) is 15.9 Å². The third kappa shape index (κ3) is 1.98. The maximum atomic E-state index is 12.7. The zero-order chi connectivity index (χ0) is 17.0. The fraction of sp³-hybridized carbons (Fsp3) is 0.250. The summed E-state index contributed by atoms with van der Waals surface area (Å²) in [6, 6.07) is 5.32. The number of rotatable bonds is 2. The van der Waals surface area contributed by atoms with Crippen molar-refractivity contribution in [2.45, 2.75) is 19.8 Å². The van der Waals surface area contributed by atoms with Crippen LogP contribution >= 0.6 is 11.6 Å². The average Bonchev–Trinajstić information content (AvgIpc) is 3.19. The maximum absolute atomic E-state index is 12.7. The van der Waals surface area contributed by atoms with Crippen LogP contribution in [-0.4, -0.2) is 24.1 Å². The summed E-state index contributed by atoms with van der Waals surface area (Å²) in [6.45, 7) is 3.95. The van der Waals surface area contributed by atoms with E-state index in [1.54, 1.807) is 29.9 Å². The molecule has 0 amide bonds. The molecule has 3 heterocycles. The maximum Gasteiger partial charge on any atom is 0.280 e. The molecule has 0 unspecified atom stereocenters. The molecule has 0 saturated carbocycles. The SMILES string of the molecule is CC(C)c1noc(-c2ncn3c4cccc(Cl)c4c(=O)n(C)c23)n1. The van der Waals surface area contributed by atoms with E-state index in [4.69, 9.17) is 16.1 Å². The van der Waals surface area contributed by atoms with Crippen LogP contribution in [-0.2, 0) is 7.05 Å². The number of fused-ring (bicyclic) bond motifs is 3. The Bertz CT molecular complexity index is 1140. The Balaban J connectivity index is 2.10. The first-order chi connectivity index (χ1) is 11.5. The van der Waals surface area contributed by atoms with Crippen LogP contribution < -0.4 is 5.56 Å². The quantitative estimate of drug-likeness (QED) is 0.559. The summed E-state index contributed by atoms with van der Waals surface area (Å²) in [7, 11) is 1.67. The van der Waals surface area contributed by atoms with Gasteiger partial charge in [-0.1, -0.05) is 36.7 Å². The summed E-state index contributed by atoms with van der Waals surface area (Å²) < 4.78 is 8.63. The smallest absolute Gasteiger partial charge is 0.280 e. The second-order valence-corrected chi connectivity index (χ2v) is 6.30. The van der Waals surface area contributed by atoms with Crippen molar-refractivity contribution in [1.29, 1.82) is 0 Å². The Kier molecular flexibility index (Phi) is 3.21. The van der Waals surface area contributed by atoms with Crippen molar-refractivity contribution in [1.82, 2.24) is 24.1 Å². The van der Waals surface area contributed by atoms with Crippen molar-refractivity contribution < 1.29 is 4.52 Å². The van der Waals surface area contributed by atoms with E-state index in [0.717, 1.165) is 0 Å². The van der Waals surface area contributed by atoms with Crippen molar-refractivity contribution in [3.8, 4) is 11.6 Å².